The predicted molar refractivity (Wildman–Crippen MR) is 48.6 cm³/mol. The summed E-state index contributed by atoms with van der Waals surface area (Å²) in [6.07, 6.45) is -4.03. The highest BCUT2D eigenvalue weighted by Crippen LogP contribution is 2.36. The Labute approximate surface area is 80.2 Å². The third-order valence-corrected chi connectivity index (χ3v) is 3.62. The number of alkyl halides is 3. The summed E-state index contributed by atoms with van der Waals surface area (Å²) in [5, 5.41) is 0. The van der Waals surface area contributed by atoms with Crippen molar-refractivity contribution in [3.63, 3.8) is 0 Å². The molecule has 1 rings (SSSR count). The summed E-state index contributed by atoms with van der Waals surface area (Å²) in [5.41, 5.74) is 5.43. The van der Waals surface area contributed by atoms with Crippen LogP contribution in [0, 0.1) is 11.8 Å². The average molecular weight is 213 g/mol. The lowest BCUT2D eigenvalue weighted by Crippen LogP contribution is -2.32. The molecule has 78 valence electrons. The molecular weight excluding hydrogens is 199 g/mol. The van der Waals surface area contributed by atoms with Crippen LogP contribution >= 0.6 is 11.8 Å². The molecule has 0 aromatic rings. The van der Waals surface area contributed by atoms with Crippen molar-refractivity contribution in [1.29, 1.82) is 0 Å². The number of hydrogen-bond donors (Lipinski definition) is 1. The smallest absolute Gasteiger partial charge is 0.330 e. The Bertz CT molecular complexity index is 160. The topological polar surface area (TPSA) is 26.0 Å². The Morgan fingerprint density at radius 1 is 1.31 bits per heavy atom. The molecule has 0 saturated carbocycles. The molecule has 1 aliphatic heterocycles. The van der Waals surface area contributed by atoms with Crippen molar-refractivity contribution in [1.82, 2.24) is 0 Å². The maximum atomic E-state index is 12.1. The third kappa shape index (κ3) is 3.77. The van der Waals surface area contributed by atoms with E-state index in [1.54, 1.807) is 11.8 Å². The molecule has 2 N–H and O–H groups in total. The van der Waals surface area contributed by atoms with Crippen molar-refractivity contribution in [2.45, 2.75) is 19.0 Å². The molecule has 0 bridgehead atoms. The fourth-order valence-electron chi connectivity index (χ4n) is 1.67. The van der Waals surface area contributed by atoms with E-state index in [4.69, 9.17) is 5.73 Å². The molecule has 1 aliphatic rings. The van der Waals surface area contributed by atoms with E-state index >= 15 is 0 Å². The predicted octanol–water partition coefficient (Wildman–Crippen LogP) is 2.27. The van der Waals surface area contributed by atoms with E-state index in [0.29, 0.717) is 13.0 Å². The summed E-state index contributed by atoms with van der Waals surface area (Å²) in [4.78, 5) is 0. The van der Waals surface area contributed by atoms with Crippen LogP contribution in [0.4, 0.5) is 13.2 Å². The minimum atomic E-state index is -4.03. The van der Waals surface area contributed by atoms with Gasteiger partial charge >= 0.3 is 6.18 Å². The third-order valence-electron chi connectivity index (χ3n) is 2.43. The van der Waals surface area contributed by atoms with Crippen molar-refractivity contribution in [3.05, 3.63) is 0 Å². The molecule has 1 saturated heterocycles. The van der Waals surface area contributed by atoms with Gasteiger partial charge in [0.2, 0.25) is 0 Å². The summed E-state index contributed by atoms with van der Waals surface area (Å²) in [7, 11) is 0. The monoisotopic (exact) mass is 213 g/mol. The molecule has 13 heavy (non-hydrogen) atoms. The Kier molecular flexibility index (Phi) is 3.91. The van der Waals surface area contributed by atoms with Gasteiger partial charge in [-0.2, -0.15) is 24.9 Å². The van der Waals surface area contributed by atoms with Gasteiger partial charge < -0.3 is 5.73 Å². The number of nitrogens with two attached hydrogens (primary N) is 1. The van der Waals surface area contributed by atoms with Crippen molar-refractivity contribution in [3.8, 4) is 0 Å². The molecule has 0 spiro atoms. The quantitative estimate of drug-likeness (QED) is 0.761. The van der Waals surface area contributed by atoms with E-state index in [1.807, 2.05) is 0 Å². The first-order valence-corrected chi connectivity index (χ1v) is 5.53. The maximum absolute atomic E-state index is 12.1. The lowest BCUT2D eigenvalue weighted by Gasteiger charge is -2.30. The zero-order valence-corrected chi connectivity index (χ0v) is 8.13. The molecule has 0 aromatic heterocycles. The minimum Gasteiger partial charge on any atom is -0.330 e. The average Bonchev–Trinajstić information content (AvgIpc) is 2.02. The van der Waals surface area contributed by atoms with Crippen molar-refractivity contribution < 1.29 is 13.2 Å². The van der Waals surface area contributed by atoms with Gasteiger partial charge in [-0.1, -0.05) is 0 Å². The molecule has 1 heterocycles. The molecule has 0 aromatic carbocycles. The minimum absolute atomic E-state index is 0.0559. The largest absolute Gasteiger partial charge is 0.389 e. The van der Waals surface area contributed by atoms with Crippen molar-refractivity contribution in [2.24, 2.45) is 17.6 Å². The number of hydrogen-bond acceptors (Lipinski definition) is 2. The standard InChI is InChI=1S/C8H14F3NS/c9-8(10,11)3-6-1-2-13-5-7(6)4-12/h6-7H,1-5,12H2. The highest BCUT2D eigenvalue weighted by molar-refractivity contribution is 7.99. The van der Waals surface area contributed by atoms with Gasteiger partial charge in [-0.3, -0.25) is 0 Å². The van der Waals surface area contributed by atoms with Crippen LogP contribution in [0.1, 0.15) is 12.8 Å². The molecule has 0 aliphatic carbocycles. The highest BCUT2D eigenvalue weighted by atomic mass is 32.2. The van der Waals surface area contributed by atoms with E-state index < -0.39 is 12.6 Å². The molecule has 0 radical (unpaired) electrons. The van der Waals surface area contributed by atoms with Crippen LogP contribution in [0.3, 0.4) is 0 Å². The Morgan fingerprint density at radius 2 is 2.00 bits per heavy atom. The number of halogens is 3. The first-order chi connectivity index (χ1) is 6.03. The van der Waals surface area contributed by atoms with Crippen LogP contribution in [0.25, 0.3) is 0 Å². The highest BCUT2D eigenvalue weighted by Gasteiger charge is 2.36. The van der Waals surface area contributed by atoms with Gasteiger partial charge in [-0.25, -0.2) is 0 Å². The number of rotatable bonds is 2. The Hall–Kier alpha value is 0.100. The molecular formula is C8H14F3NS. The number of thioether (sulfide) groups is 1. The lowest BCUT2D eigenvalue weighted by atomic mass is 9.88. The van der Waals surface area contributed by atoms with E-state index in [9.17, 15) is 13.2 Å². The van der Waals surface area contributed by atoms with Crippen LogP contribution in [0.5, 0.6) is 0 Å². The molecule has 5 heteroatoms. The van der Waals surface area contributed by atoms with E-state index in [1.165, 1.54) is 0 Å². The molecule has 0 amide bonds. The summed E-state index contributed by atoms with van der Waals surface area (Å²) in [6.45, 7) is 0.383. The molecule has 1 fully saturated rings. The SMILES string of the molecule is NCC1CSCCC1CC(F)(F)F. The fraction of sp³-hybridized carbons (Fsp3) is 1.00. The zero-order valence-electron chi connectivity index (χ0n) is 7.31. The van der Waals surface area contributed by atoms with Crippen LogP contribution < -0.4 is 5.73 Å². The lowest BCUT2D eigenvalue weighted by molar-refractivity contribution is -0.148. The maximum Gasteiger partial charge on any atom is 0.389 e. The van der Waals surface area contributed by atoms with E-state index in [2.05, 4.69) is 0 Å². The van der Waals surface area contributed by atoms with Crippen molar-refractivity contribution in [2.75, 3.05) is 18.1 Å². The van der Waals surface area contributed by atoms with Crippen LogP contribution in [-0.2, 0) is 0 Å². The van der Waals surface area contributed by atoms with E-state index in [-0.39, 0.29) is 11.8 Å². The zero-order chi connectivity index (χ0) is 9.90. The fourth-order valence-corrected chi connectivity index (χ4v) is 3.01. The Morgan fingerprint density at radius 3 is 2.54 bits per heavy atom. The van der Waals surface area contributed by atoms with Gasteiger partial charge in [0.15, 0.2) is 0 Å². The van der Waals surface area contributed by atoms with Crippen LogP contribution in [0.2, 0.25) is 0 Å². The normalized spacial score (nSPS) is 30.5. The molecule has 1 nitrogen and oxygen atoms in total. The molecule has 2 unspecified atom stereocenters. The van der Waals surface area contributed by atoms with Crippen molar-refractivity contribution >= 4 is 11.8 Å². The second-order valence-electron chi connectivity index (χ2n) is 3.44. The second kappa shape index (κ2) is 4.55. The van der Waals surface area contributed by atoms with Gasteiger partial charge in [-0.05, 0) is 36.3 Å². The van der Waals surface area contributed by atoms with Crippen LogP contribution in [0.15, 0.2) is 0 Å². The summed E-state index contributed by atoms with van der Waals surface area (Å²) < 4.78 is 36.3. The summed E-state index contributed by atoms with van der Waals surface area (Å²) >= 11 is 1.71. The van der Waals surface area contributed by atoms with Gasteiger partial charge in [0.25, 0.3) is 0 Å². The first kappa shape index (κ1) is 11.2. The van der Waals surface area contributed by atoms with Gasteiger partial charge in [0.1, 0.15) is 0 Å². The summed E-state index contributed by atoms with van der Waals surface area (Å²) in [5.74, 6) is 1.45. The first-order valence-electron chi connectivity index (χ1n) is 4.37. The summed E-state index contributed by atoms with van der Waals surface area (Å²) in [6, 6.07) is 0. The Balaban J connectivity index is 2.45. The molecule has 2 atom stereocenters. The van der Waals surface area contributed by atoms with Gasteiger partial charge in [-0.15, -0.1) is 0 Å². The van der Waals surface area contributed by atoms with Crippen LogP contribution in [-0.4, -0.2) is 24.2 Å². The van der Waals surface area contributed by atoms with Gasteiger partial charge in [0, 0.05) is 6.42 Å². The van der Waals surface area contributed by atoms with Gasteiger partial charge in [0.05, 0.1) is 0 Å². The van der Waals surface area contributed by atoms with E-state index in [0.717, 1.165) is 11.5 Å². The second-order valence-corrected chi connectivity index (χ2v) is 4.59.